The van der Waals surface area contributed by atoms with Crippen LogP contribution in [-0.4, -0.2) is 34.1 Å². The van der Waals surface area contributed by atoms with Crippen LogP contribution < -0.4 is 16.0 Å². The average molecular weight is 476 g/mol. The number of benzene rings is 1. The minimum atomic E-state index is -1.04. The molecule has 5 nitrogen and oxygen atoms in total. The molecule has 0 radical (unpaired) electrons. The molecule has 0 spiro atoms. The number of nitrogen functional groups attached to an aromatic ring is 1. The van der Waals surface area contributed by atoms with Gasteiger partial charge in [0.05, 0.1) is 11.4 Å². The Morgan fingerprint density at radius 3 is 2.27 bits per heavy atom. The summed E-state index contributed by atoms with van der Waals surface area (Å²) in [7, 11) is -1.04. The molecule has 1 aromatic rings. The molecule has 1 aliphatic heterocycles. The Bertz CT molecular complexity index is 837. The molecule has 1 amide bonds. The lowest BCUT2D eigenvalue weighted by atomic mass is 9.86. The summed E-state index contributed by atoms with van der Waals surface area (Å²) in [6, 6.07) is 0. The Morgan fingerprint density at radius 1 is 1.09 bits per heavy atom. The number of nitrogens with two attached hydrogens (primary N) is 1. The molecule has 1 atom stereocenters. The molecular formula is C27H49N3O2Si. The molecule has 6 heteroatoms. The minimum absolute atomic E-state index is 0.0322. The first-order valence-corrected chi connectivity index (χ1v) is 15.6. The van der Waals surface area contributed by atoms with Gasteiger partial charge in [-0.25, -0.2) is 0 Å². The number of anilines is 3. The van der Waals surface area contributed by atoms with Crippen LogP contribution >= 0.6 is 0 Å². The SMILES string of the molecule is Cc1c(N)c(C)c(NC(=O)C(C)(C)C)c2c1CCN2CCCCCC(O[SiH](C)C)C(C)(C)C. The second-order valence-electron chi connectivity index (χ2n) is 12.2. The largest absolute Gasteiger partial charge is 0.417 e. The van der Waals surface area contributed by atoms with Crippen LogP contribution in [0.25, 0.3) is 0 Å². The third-order valence-corrected chi connectivity index (χ3v) is 7.70. The fraction of sp³-hybridized carbons (Fsp3) is 0.741. The third kappa shape index (κ3) is 6.98. The molecule has 1 aromatic carbocycles. The number of carbonyl (C=O) groups is 1. The van der Waals surface area contributed by atoms with Crippen LogP contribution in [-0.2, 0) is 15.6 Å². The Hall–Kier alpha value is -1.53. The lowest BCUT2D eigenvalue weighted by Gasteiger charge is -2.33. The maximum atomic E-state index is 12.8. The highest BCUT2D eigenvalue weighted by Crippen LogP contribution is 2.44. The van der Waals surface area contributed by atoms with Crippen LogP contribution in [0, 0.1) is 24.7 Å². The highest BCUT2D eigenvalue weighted by molar-refractivity contribution is 6.48. The van der Waals surface area contributed by atoms with Crippen molar-refractivity contribution < 1.29 is 9.22 Å². The van der Waals surface area contributed by atoms with Gasteiger partial charge in [0.25, 0.3) is 0 Å². The van der Waals surface area contributed by atoms with E-state index in [0.29, 0.717) is 6.10 Å². The van der Waals surface area contributed by atoms with E-state index in [1.165, 1.54) is 29.7 Å². The fourth-order valence-corrected chi connectivity index (χ4v) is 5.82. The van der Waals surface area contributed by atoms with Crippen LogP contribution in [0.5, 0.6) is 0 Å². The van der Waals surface area contributed by atoms with E-state index >= 15 is 0 Å². The van der Waals surface area contributed by atoms with Crippen molar-refractivity contribution in [3.63, 3.8) is 0 Å². The number of amides is 1. The smallest absolute Gasteiger partial charge is 0.229 e. The molecule has 188 valence electrons. The molecule has 1 heterocycles. The van der Waals surface area contributed by atoms with E-state index in [1.807, 2.05) is 27.7 Å². The first-order valence-electron chi connectivity index (χ1n) is 12.8. The van der Waals surface area contributed by atoms with Gasteiger partial charge in [0.15, 0.2) is 9.04 Å². The van der Waals surface area contributed by atoms with Crippen LogP contribution in [0.15, 0.2) is 0 Å². The Labute approximate surface area is 204 Å². The van der Waals surface area contributed by atoms with Gasteiger partial charge in [0.2, 0.25) is 5.91 Å². The zero-order valence-corrected chi connectivity index (χ0v) is 24.1. The van der Waals surface area contributed by atoms with E-state index in [9.17, 15) is 4.79 Å². The predicted molar refractivity (Wildman–Crippen MR) is 146 cm³/mol. The van der Waals surface area contributed by atoms with Gasteiger partial charge in [0.1, 0.15) is 0 Å². The Morgan fingerprint density at radius 2 is 1.73 bits per heavy atom. The second kappa shape index (κ2) is 10.8. The molecule has 33 heavy (non-hydrogen) atoms. The van der Waals surface area contributed by atoms with Crippen LogP contribution in [0.1, 0.15) is 83.9 Å². The van der Waals surface area contributed by atoms with E-state index in [2.05, 4.69) is 51.0 Å². The maximum absolute atomic E-state index is 12.8. The van der Waals surface area contributed by atoms with E-state index in [1.54, 1.807) is 0 Å². The molecule has 0 aromatic heterocycles. The third-order valence-electron chi connectivity index (χ3n) is 6.82. The van der Waals surface area contributed by atoms with E-state index in [0.717, 1.165) is 49.3 Å². The van der Waals surface area contributed by atoms with Crippen LogP contribution in [0.3, 0.4) is 0 Å². The average Bonchev–Trinajstić information content (AvgIpc) is 3.10. The molecule has 2 rings (SSSR count). The van der Waals surface area contributed by atoms with E-state index < -0.39 is 14.5 Å². The molecule has 1 aliphatic rings. The first kappa shape index (κ1) is 27.7. The van der Waals surface area contributed by atoms with Gasteiger partial charge in [-0.05, 0) is 68.3 Å². The monoisotopic (exact) mass is 475 g/mol. The van der Waals surface area contributed by atoms with Gasteiger partial charge >= 0.3 is 0 Å². The summed E-state index contributed by atoms with van der Waals surface area (Å²) >= 11 is 0. The molecule has 0 saturated carbocycles. The quantitative estimate of drug-likeness (QED) is 0.253. The summed E-state index contributed by atoms with van der Waals surface area (Å²) in [5, 5.41) is 3.23. The van der Waals surface area contributed by atoms with Crippen molar-refractivity contribution in [3.8, 4) is 0 Å². The highest BCUT2D eigenvalue weighted by atomic mass is 28.3. The fourth-order valence-electron chi connectivity index (χ4n) is 4.62. The lowest BCUT2D eigenvalue weighted by Crippen LogP contribution is -2.33. The summed E-state index contributed by atoms with van der Waals surface area (Å²) in [5.41, 5.74) is 12.5. The van der Waals surface area contributed by atoms with Crippen molar-refractivity contribution in [2.45, 2.75) is 107 Å². The van der Waals surface area contributed by atoms with Crippen molar-refractivity contribution in [2.24, 2.45) is 10.8 Å². The van der Waals surface area contributed by atoms with Crippen LogP contribution in [0.4, 0.5) is 17.1 Å². The lowest BCUT2D eigenvalue weighted by molar-refractivity contribution is -0.123. The summed E-state index contributed by atoms with van der Waals surface area (Å²) in [6.07, 6.45) is 6.00. The molecule has 0 fully saturated rings. The van der Waals surface area contributed by atoms with Gasteiger partial charge < -0.3 is 20.4 Å². The summed E-state index contributed by atoms with van der Waals surface area (Å²) in [6.45, 7) is 23.4. The van der Waals surface area contributed by atoms with Gasteiger partial charge in [-0.2, -0.15) is 0 Å². The van der Waals surface area contributed by atoms with Crippen molar-refractivity contribution in [3.05, 3.63) is 16.7 Å². The number of unbranched alkanes of at least 4 members (excludes halogenated alkanes) is 2. The van der Waals surface area contributed by atoms with Gasteiger partial charge in [-0.3, -0.25) is 4.79 Å². The Balaban J connectivity index is 2.09. The summed E-state index contributed by atoms with van der Waals surface area (Å²) < 4.78 is 6.34. The number of carbonyl (C=O) groups excluding carboxylic acids is 1. The van der Waals surface area contributed by atoms with Gasteiger partial charge in [-0.15, -0.1) is 0 Å². The topological polar surface area (TPSA) is 67.6 Å². The summed E-state index contributed by atoms with van der Waals surface area (Å²) in [4.78, 5) is 15.3. The predicted octanol–water partition coefficient (Wildman–Crippen LogP) is 6.21. The molecule has 0 bridgehead atoms. The minimum Gasteiger partial charge on any atom is -0.417 e. The van der Waals surface area contributed by atoms with E-state index in [4.69, 9.17) is 10.2 Å². The Kier molecular flexibility index (Phi) is 9.08. The standard InChI is InChI=1S/C27H49N3O2Si/c1-18-20-15-17-30(16-13-11-12-14-21(26(3,4)5)32-33(9)10)24(20)23(19(2)22(18)28)29-25(31)27(6,7)8/h21,33H,11-17,28H2,1-10H3,(H,29,31). The van der Waals surface area contributed by atoms with Crippen molar-refractivity contribution in [1.29, 1.82) is 0 Å². The summed E-state index contributed by atoms with van der Waals surface area (Å²) in [5.74, 6) is 0.0322. The molecular weight excluding hydrogens is 426 g/mol. The first-order chi connectivity index (χ1) is 15.1. The molecule has 0 aliphatic carbocycles. The number of nitrogens with zero attached hydrogens (tertiary/aromatic N) is 1. The van der Waals surface area contributed by atoms with Gasteiger partial charge in [-0.1, -0.05) is 54.4 Å². The van der Waals surface area contributed by atoms with Crippen molar-refractivity contribution >= 4 is 32.0 Å². The van der Waals surface area contributed by atoms with Crippen molar-refractivity contribution in [1.82, 2.24) is 0 Å². The van der Waals surface area contributed by atoms with Crippen LogP contribution in [0.2, 0.25) is 13.1 Å². The zero-order valence-electron chi connectivity index (χ0n) is 22.9. The van der Waals surface area contributed by atoms with Crippen molar-refractivity contribution in [2.75, 3.05) is 29.0 Å². The van der Waals surface area contributed by atoms with E-state index in [-0.39, 0.29) is 11.3 Å². The highest BCUT2D eigenvalue weighted by Gasteiger charge is 2.31. The number of hydrogen-bond donors (Lipinski definition) is 2. The second-order valence-corrected chi connectivity index (χ2v) is 14.6. The number of fused-ring (bicyclic) bond motifs is 1. The number of rotatable bonds is 9. The van der Waals surface area contributed by atoms with Gasteiger partial charge in [0, 0.05) is 30.3 Å². The maximum Gasteiger partial charge on any atom is 0.229 e. The molecule has 3 N–H and O–H groups in total. The molecule has 0 saturated heterocycles. The number of hydrogen-bond acceptors (Lipinski definition) is 4. The zero-order chi connectivity index (χ0) is 25.1. The normalized spacial score (nSPS) is 15.2. The number of nitrogens with one attached hydrogen (secondary N) is 1. The molecule has 1 unspecified atom stereocenters.